The summed E-state index contributed by atoms with van der Waals surface area (Å²) in [6.07, 6.45) is 2.61. The SMILES string of the molecule is Cc1cc(NC(=O)c2cncc(O)c2)ccc1O. The zero-order valence-electron chi connectivity index (χ0n) is 9.71. The predicted octanol–water partition coefficient (Wildman–Crippen LogP) is 2.05. The zero-order chi connectivity index (χ0) is 13.1. The number of amides is 1. The number of pyridine rings is 1. The summed E-state index contributed by atoms with van der Waals surface area (Å²) in [5.41, 5.74) is 1.50. The minimum Gasteiger partial charge on any atom is -0.508 e. The first-order chi connectivity index (χ1) is 8.56. The molecule has 2 rings (SSSR count). The Labute approximate surface area is 104 Å². The van der Waals surface area contributed by atoms with Crippen LogP contribution in [0.1, 0.15) is 15.9 Å². The van der Waals surface area contributed by atoms with E-state index in [2.05, 4.69) is 10.3 Å². The third-order valence-electron chi connectivity index (χ3n) is 2.44. The molecule has 0 aliphatic rings. The number of hydrogen-bond acceptors (Lipinski definition) is 4. The van der Waals surface area contributed by atoms with Gasteiger partial charge in [-0.05, 0) is 36.8 Å². The van der Waals surface area contributed by atoms with Gasteiger partial charge in [0.25, 0.3) is 5.91 Å². The van der Waals surface area contributed by atoms with E-state index in [0.717, 1.165) is 0 Å². The van der Waals surface area contributed by atoms with Crippen LogP contribution in [0.5, 0.6) is 11.5 Å². The van der Waals surface area contributed by atoms with Crippen LogP contribution in [0.2, 0.25) is 0 Å². The van der Waals surface area contributed by atoms with E-state index in [-0.39, 0.29) is 23.0 Å². The monoisotopic (exact) mass is 244 g/mol. The van der Waals surface area contributed by atoms with E-state index in [1.165, 1.54) is 24.5 Å². The van der Waals surface area contributed by atoms with Crippen molar-refractivity contribution in [3.05, 3.63) is 47.8 Å². The smallest absolute Gasteiger partial charge is 0.257 e. The second-order valence-corrected chi connectivity index (χ2v) is 3.89. The molecular weight excluding hydrogens is 232 g/mol. The second kappa shape index (κ2) is 4.75. The largest absolute Gasteiger partial charge is 0.508 e. The van der Waals surface area contributed by atoms with E-state index in [4.69, 9.17) is 0 Å². The summed E-state index contributed by atoms with van der Waals surface area (Å²) in [6, 6.07) is 6.08. The summed E-state index contributed by atoms with van der Waals surface area (Å²) in [7, 11) is 0. The lowest BCUT2D eigenvalue weighted by Gasteiger charge is -2.07. The van der Waals surface area contributed by atoms with Crippen LogP contribution >= 0.6 is 0 Å². The second-order valence-electron chi connectivity index (χ2n) is 3.89. The highest BCUT2D eigenvalue weighted by Gasteiger charge is 2.08. The zero-order valence-corrected chi connectivity index (χ0v) is 9.71. The van der Waals surface area contributed by atoms with Crippen LogP contribution in [0.15, 0.2) is 36.7 Å². The molecule has 0 atom stereocenters. The molecule has 0 aliphatic carbocycles. The Morgan fingerprint density at radius 1 is 1.22 bits per heavy atom. The first kappa shape index (κ1) is 11.9. The standard InChI is InChI=1S/C13H12N2O3/c1-8-4-10(2-3-12(8)17)15-13(18)9-5-11(16)7-14-6-9/h2-7,16-17H,1H3,(H,15,18). The molecule has 0 saturated heterocycles. The summed E-state index contributed by atoms with van der Waals surface area (Å²) in [5, 5.41) is 21.3. The van der Waals surface area contributed by atoms with Gasteiger partial charge in [0, 0.05) is 11.9 Å². The first-order valence-electron chi connectivity index (χ1n) is 5.31. The lowest BCUT2D eigenvalue weighted by Crippen LogP contribution is -2.12. The molecule has 5 nitrogen and oxygen atoms in total. The van der Waals surface area contributed by atoms with Gasteiger partial charge in [-0.1, -0.05) is 0 Å². The molecule has 0 unspecified atom stereocenters. The van der Waals surface area contributed by atoms with Gasteiger partial charge < -0.3 is 15.5 Å². The van der Waals surface area contributed by atoms with E-state index < -0.39 is 0 Å². The molecule has 1 amide bonds. The molecule has 3 N–H and O–H groups in total. The minimum absolute atomic E-state index is 0.0652. The topological polar surface area (TPSA) is 82.5 Å². The number of aromatic nitrogens is 1. The summed E-state index contributed by atoms with van der Waals surface area (Å²) in [6.45, 7) is 1.74. The van der Waals surface area contributed by atoms with Crippen LogP contribution in [0.25, 0.3) is 0 Å². The van der Waals surface area contributed by atoms with Crippen molar-refractivity contribution < 1.29 is 15.0 Å². The van der Waals surface area contributed by atoms with Crippen molar-refractivity contribution in [3.63, 3.8) is 0 Å². The van der Waals surface area contributed by atoms with Crippen LogP contribution in [0, 0.1) is 6.92 Å². The lowest BCUT2D eigenvalue weighted by molar-refractivity contribution is 0.102. The Balaban J connectivity index is 2.18. The Kier molecular flexibility index (Phi) is 3.14. The first-order valence-corrected chi connectivity index (χ1v) is 5.31. The van der Waals surface area contributed by atoms with Gasteiger partial charge in [-0.25, -0.2) is 0 Å². The highest BCUT2D eigenvalue weighted by molar-refractivity contribution is 6.04. The van der Waals surface area contributed by atoms with E-state index in [9.17, 15) is 15.0 Å². The third-order valence-corrected chi connectivity index (χ3v) is 2.44. The van der Waals surface area contributed by atoms with Crippen molar-refractivity contribution in [2.24, 2.45) is 0 Å². The van der Waals surface area contributed by atoms with Crippen LogP contribution < -0.4 is 5.32 Å². The van der Waals surface area contributed by atoms with Crippen LogP contribution in [-0.2, 0) is 0 Å². The van der Waals surface area contributed by atoms with E-state index >= 15 is 0 Å². The van der Waals surface area contributed by atoms with Crippen molar-refractivity contribution in [1.29, 1.82) is 0 Å². The molecule has 92 valence electrons. The van der Waals surface area contributed by atoms with Gasteiger partial charge >= 0.3 is 0 Å². The summed E-state index contributed by atoms with van der Waals surface area (Å²) in [5.74, 6) is -0.264. The fraction of sp³-hybridized carbons (Fsp3) is 0.0769. The van der Waals surface area contributed by atoms with Crippen molar-refractivity contribution in [2.75, 3.05) is 5.32 Å². The van der Waals surface area contributed by atoms with Crippen molar-refractivity contribution in [3.8, 4) is 11.5 Å². The van der Waals surface area contributed by atoms with Crippen molar-refractivity contribution in [1.82, 2.24) is 4.98 Å². The summed E-state index contributed by atoms with van der Waals surface area (Å²) in [4.78, 5) is 15.6. The Bertz CT molecular complexity index is 597. The maximum absolute atomic E-state index is 11.8. The molecule has 5 heteroatoms. The number of aromatic hydroxyl groups is 2. The predicted molar refractivity (Wildman–Crippen MR) is 66.7 cm³/mol. The number of benzene rings is 1. The molecule has 2 aromatic rings. The Morgan fingerprint density at radius 3 is 2.67 bits per heavy atom. The fourth-order valence-corrected chi connectivity index (χ4v) is 1.49. The van der Waals surface area contributed by atoms with E-state index in [1.54, 1.807) is 19.1 Å². The molecule has 0 aliphatic heterocycles. The van der Waals surface area contributed by atoms with Crippen LogP contribution in [0.4, 0.5) is 5.69 Å². The molecule has 0 spiro atoms. The van der Waals surface area contributed by atoms with Gasteiger partial charge in [0.2, 0.25) is 0 Å². The van der Waals surface area contributed by atoms with Gasteiger partial charge in [0.1, 0.15) is 11.5 Å². The molecule has 1 aromatic carbocycles. The highest BCUT2D eigenvalue weighted by atomic mass is 16.3. The average molecular weight is 244 g/mol. The third kappa shape index (κ3) is 2.57. The molecule has 18 heavy (non-hydrogen) atoms. The normalized spacial score (nSPS) is 10.1. The number of anilines is 1. The Hall–Kier alpha value is -2.56. The maximum Gasteiger partial charge on any atom is 0.257 e. The van der Waals surface area contributed by atoms with Crippen LogP contribution in [-0.4, -0.2) is 21.1 Å². The van der Waals surface area contributed by atoms with Crippen molar-refractivity contribution >= 4 is 11.6 Å². The van der Waals surface area contributed by atoms with Crippen molar-refractivity contribution in [2.45, 2.75) is 6.92 Å². The Morgan fingerprint density at radius 2 is 2.00 bits per heavy atom. The summed E-state index contributed by atoms with van der Waals surface area (Å²) >= 11 is 0. The lowest BCUT2D eigenvalue weighted by atomic mass is 10.2. The molecule has 0 bridgehead atoms. The quantitative estimate of drug-likeness (QED) is 0.706. The van der Waals surface area contributed by atoms with E-state index in [1.807, 2.05) is 0 Å². The number of nitrogens with one attached hydrogen (secondary N) is 1. The molecule has 1 aromatic heterocycles. The van der Waals surface area contributed by atoms with Gasteiger partial charge in [0.15, 0.2) is 0 Å². The fourth-order valence-electron chi connectivity index (χ4n) is 1.49. The number of rotatable bonds is 2. The maximum atomic E-state index is 11.8. The number of carbonyl (C=O) groups excluding carboxylic acids is 1. The number of aryl methyl sites for hydroxylation is 1. The van der Waals surface area contributed by atoms with Gasteiger partial charge in [0.05, 0.1) is 11.8 Å². The average Bonchev–Trinajstić information content (AvgIpc) is 2.34. The van der Waals surface area contributed by atoms with Gasteiger partial charge in [-0.3, -0.25) is 9.78 Å². The molecule has 0 radical (unpaired) electrons. The molecule has 0 fully saturated rings. The number of nitrogens with zero attached hydrogens (tertiary/aromatic N) is 1. The number of phenolic OH excluding ortho intramolecular Hbond substituents is 1. The summed E-state index contributed by atoms with van der Waals surface area (Å²) < 4.78 is 0. The number of carbonyl (C=O) groups is 1. The highest BCUT2D eigenvalue weighted by Crippen LogP contribution is 2.20. The molecular formula is C13H12N2O3. The van der Waals surface area contributed by atoms with E-state index in [0.29, 0.717) is 11.3 Å². The van der Waals surface area contributed by atoms with Gasteiger partial charge in [-0.15, -0.1) is 0 Å². The number of phenols is 1. The molecule has 0 saturated carbocycles. The van der Waals surface area contributed by atoms with Gasteiger partial charge in [-0.2, -0.15) is 0 Å². The molecule has 1 heterocycles. The van der Waals surface area contributed by atoms with Crippen LogP contribution in [0.3, 0.4) is 0 Å². The number of hydrogen-bond donors (Lipinski definition) is 3. The minimum atomic E-state index is -0.372.